The highest BCUT2D eigenvalue weighted by atomic mass is 19.1. The minimum atomic E-state index is -0.152. The lowest BCUT2D eigenvalue weighted by molar-refractivity contribution is 0.528. The number of hydrogen-bond acceptors (Lipinski definition) is 1. The maximum Gasteiger partial charge on any atom is 0.127 e. The zero-order valence-electron chi connectivity index (χ0n) is 13.3. The lowest BCUT2D eigenvalue weighted by Gasteiger charge is -2.20. The van der Waals surface area contributed by atoms with Crippen molar-refractivity contribution < 1.29 is 4.39 Å². The molecule has 0 unspecified atom stereocenters. The van der Waals surface area contributed by atoms with Crippen LogP contribution in [0.2, 0.25) is 0 Å². The predicted octanol–water partition coefficient (Wildman–Crippen LogP) is 4.97. The van der Waals surface area contributed by atoms with Gasteiger partial charge in [0.2, 0.25) is 0 Å². The second kappa shape index (κ2) is 6.40. The molecule has 1 N–H and O–H groups in total. The predicted molar refractivity (Wildman–Crippen MR) is 86.8 cm³/mol. The topological polar surface area (TPSA) is 12.0 Å². The average molecular weight is 285 g/mol. The Morgan fingerprint density at radius 2 is 1.62 bits per heavy atom. The van der Waals surface area contributed by atoms with Crippen molar-refractivity contribution in [2.24, 2.45) is 0 Å². The molecule has 0 radical (unpaired) electrons. The van der Waals surface area contributed by atoms with Crippen molar-refractivity contribution in [3.05, 3.63) is 71.0 Å². The molecule has 0 heterocycles. The Hall–Kier alpha value is -1.67. The first-order chi connectivity index (χ1) is 9.88. The summed E-state index contributed by atoms with van der Waals surface area (Å²) in [7, 11) is 0. The molecule has 0 fully saturated rings. The maximum absolute atomic E-state index is 13.7. The largest absolute Gasteiger partial charge is 0.306 e. The van der Waals surface area contributed by atoms with E-state index in [-0.39, 0.29) is 17.3 Å². The van der Waals surface area contributed by atoms with Gasteiger partial charge in [0.25, 0.3) is 0 Å². The van der Waals surface area contributed by atoms with Gasteiger partial charge in [0.05, 0.1) is 0 Å². The summed E-state index contributed by atoms with van der Waals surface area (Å²) in [6.45, 7) is 9.35. The van der Waals surface area contributed by atoms with E-state index in [1.54, 1.807) is 6.07 Å². The van der Waals surface area contributed by atoms with Crippen LogP contribution in [0.5, 0.6) is 0 Å². The van der Waals surface area contributed by atoms with E-state index in [1.807, 2.05) is 19.1 Å². The molecule has 0 bridgehead atoms. The van der Waals surface area contributed by atoms with Gasteiger partial charge in [-0.05, 0) is 29.5 Å². The normalized spacial score (nSPS) is 13.2. The third-order valence-corrected chi connectivity index (χ3v) is 3.80. The van der Waals surface area contributed by atoms with Crippen LogP contribution in [0, 0.1) is 5.82 Å². The van der Waals surface area contributed by atoms with Crippen molar-refractivity contribution in [1.82, 2.24) is 5.32 Å². The van der Waals surface area contributed by atoms with E-state index >= 15 is 0 Å². The quantitative estimate of drug-likeness (QED) is 0.836. The van der Waals surface area contributed by atoms with Crippen LogP contribution in [0.1, 0.15) is 50.4 Å². The number of rotatable bonds is 4. The van der Waals surface area contributed by atoms with Gasteiger partial charge in [-0.15, -0.1) is 0 Å². The van der Waals surface area contributed by atoms with Crippen LogP contribution in [0.4, 0.5) is 4.39 Å². The molecule has 0 aliphatic carbocycles. The van der Waals surface area contributed by atoms with E-state index < -0.39 is 0 Å². The monoisotopic (exact) mass is 285 g/mol. The second-order valence-corrected chi connectivity index (χ2v) is 6.57. The Morgan fingerprint density at radius 3 is 2.19 bits per heavy atom. The fourth-order valence-electron chi connectivity index (χ4n) is 2.33. The fraction of sp³-hybridized carbons (Fsp3) is 0.368. The van der Waals surface area contributed by atoms with Crippen LogP contribution in [-0.2, 0) is 12.0 Å². The van der Waals surface area contributed by atoms with E-state index in [4.69, 9.17) is 0 Å². The van der Waals surface area contributed by atoms with Crippen LogP contribution in [0.25, 0.3) is 0 Å². The Labute approximate surface area is 127 Å². The Balaban J connectivity index is 1.99. The molecule has 0 aliphatic heterocycles. The highest BCUT2D eigenvalue weighted by Crippen LogP contribution is 2.22. The molecule has 21 heavy (non-hydrogen) atoms. The molecule has 2 heteroatoms. The number of halogens is 1. The van der Waals surface area contributed by atoms with Crippen molar-refractivity contribution in [2.45, 2.75) is 45.7 Å². The Bertz CT molecular complexity index is 581. The first-order valence-electron chi connectivity index (χ1n) is 7.45. The third kappa shape index (κ3) is 4.15. The van der Waals surface area contributed by atoms with Crippen LogP contribution in [0.15, 0.2) is 48.5 Å². The summed E-state index contributed by atoms with van der Waals surface area (Å²) in [5.74, 6) is -0.152. The van der Waals surface area contributed by atoms with Gasteiger partial charge in [-0.2, -0.15) is 0 Å². The summed E-state index contributed by atoms with van der Waals surface area (Å²) in [6, 6.07) is 15.5. The SMILES string of the molecule is C[C@@H](NCc1ccc(C(C)(C)C)cc1)c1ccccc1F. The van der Waals surface area contributed by atoms with Crippen molar-refractivity contribution >= 4 is 0 Å². The molecule has 0 spiro atoms. The number of hydrogen-bond donors (Lipinski definition) is 1. The summed E-state index contributed by atoms with van der Waals surface area (Å²) >= 11 is 0. The van der Waals surface area contributed by atoms with Crippen LogP contribution in [0.3, 0.4) is 0 Å². The molecule has 0 amide bonds. The third-order valence-electron chi connectivity index (χ3n) is 3.80. The van der Waals surface area contributed by atoms with Crippen molar-refractivity contribution in [3.8, 4) is 0 Å². The highest BCUT2D eigenvalue weighted by molar-refractivity contribution is 5.28. The summed E-state index contributed by atoms with van der Waals surface area (Å²) in [6.07, 6.45) is 0. The standard InChI is InChI=1S/C19H24FN/c1-14(17-7-5-6-8-18(17)20)21-13-15-9-11-16(12-10-15)19(2,3)4/h5-12,14,21H,13H2,1-4H3/t14-/m1/s1. The van der Waals surface area contributed by atoms with Crippen molar-refractivity contribution in [2.75, 3.05) is 0 Å². The van der Waals surface area contributed by atoms with E-state index in [2.05, 4.69) is 50.4 Å². The van der Waals surface area contributed by atoms with E-state index in [0.717, 1.165) is 6.54 Å². The lowest BCUT2D eigenvalue weighted by Crippen LogP contribution is -2.19. The molecule has 0 saturated heterocycles. The summed E-state index contributed by atoms with van der Waals surface area (Å²) in [5, 5.41) is 3.37. The maximum atomic E-state index is 13.7. The molecule has 0 aromatic heterocycles. The summed E-state index contributed by atoms with van der Waals surface area (Å²) in [5.41, 5.74) is 3.43. The van der Waals surface area contributed by atoms with Gasteiger partial charge in [0.15, 0.2) is 0 Å². The molecule has 1 atom stereocenters. The van der Waals surface area contributed by atoms with Gasteiger partial charge in [-0.3, -0.25) is 0 Å². The fourth-order valence-corrected chi connectivity index (χ4v) is 2.33. The molecule has 2 aromatic carbocycles. The zero-order valence-corrected chi connectivity index (χ0v) is 13.3. The first kappa shape index (κ1) is 15.7. The summed E-state index contributed by atoms with van der Waals surface area (Å²) in [4.78, 5) is 0. The molecule has 0 aliphatic rings. The van der Waals surface area contributed by atoms with Gasteiger partial charge in [-0.1, -0.05) is 63.2 Å². The first-order valence-corrected chi connectivity index (χ1v) is 7.45. The number of benzene rings is 2. The van der Waals surface area contributed by atoms with E-state index in [0.29, 0.717) is 5.56 Å². The lowest BCUT2D eigenvalue weighted by atomic mass is 9.87. The van der Waals surface area contributed by atoms with Crippen molar-refractivity contribution in [1.29, 1.82) is 0 Å². The van der Waals surface area contributed by atoms with E-state index in [1.165, 1.54) is 17.2 Å². The van der Waals surface area contributed by atoms with Gasteiger partial charge in [-0.25, -0.2) is 4.39 Å². The molecule has 112 valence electrons. The molecule has 1 nitrogen and oxygen atoms in total. The minimum absolute atomic E-state index is 0.00603. The second-order valence-electron chi connectivity index (χ2n) is 6.57. The van der Waals surface area contributed by atoms with Gasteiger partial charge < -0.3 is 5.32 Å². The molecular formula is C19H24FN. The molecule has 2 rings (SSSR count). The van der Waals surface area contributed by atoms with Crippen LogP contribution < -0.4 is 5.32 Å². The van der Waals surface area contributed by atoms with Crippen LogP contribution >= 0.6 is 0 Å². The van der Waals surface area contributed by atoms with Crippen molar-refractivity contribution in [3.63, 3.8) is 0 Å². The van der Waals surface area contributed by atoms with Gasteiger partial charge in [0.1, 0.15) is 5.82 Å². The Morgan fingerprint density at radius 1 is 1.00 bits per heavy atom. The van der Waals surface area contributed by atoms with Crippen LogP contribution in [-0.4, -0.2) is 0 Å². The summed E-state index contributed by atoms with van der Waals surface area (Å²) < 4.78 is 13.7. The molecule has 0 saturated carbocycles. The Kier molecular flexibility index (Phi) is 4.79. The smallest absolute Gasteiger partial charge is 0.127 e. The van der Waals surface area contributed by atoms with E-state index in [9.17, 15) is 4.39 Å². The molecular weight excluding hydrogens is 261 g/mol. The highest BCUT2D eigenvalue weighted by Gasteiger charge is 2.13. The molecule has 2 aromatic rings. The van der Waals surface area contributed by atoms with Gasteiger partial charge in [0, 0.05) is 18.2 Å². The zero-order chi connectivity index (χ0) is 15.5. The van der Waals surface area contributed by atoms with Gasteiger partial charge >= 0.3 is 0 Å². The minimum Gasteiger partial charge on any atom is -0.306 e. The average Bonchev–Trinajstić information content (AvgIpc) is 2.45. The number of nitrogens with one attached hydrogen (secondary N) is 1.